The number of carbonyl (C=O) groups is 2. The SMILES string of the molecule is CC(OC(=O)CCc1nc(-c2ccc(Cl)cc2)no1)C(=O)Nc1ccc2c(c1)OCO2. The predicted molar refractivity (Wildman–Crippen MR) is 110 cm³/mol. The molecule has 0 saturated carbocycles. The van der Waals surface area contributed by atoms with E-state index in [0.29, 0.717) is 33.9 Å². The largest absolute Gasteiger partial charge is 0.454 e. The molecule has 1 aliphatic rings. The molecule has 1 amide bonds. The summed E-state index contributed by atoms with van der Waals surface area (Å²) in [6, 6.07) is 12.0. The molecule has 10 heteroatoms. The van der Waals surface area contributed by atoms with Gasteiger partial charge in [0.1, 0.15) is 0 Å². The third-order valence-corrected chi connectivity index (χ3v) is 4.68. The van der Waals surface area contributed by atoms with Gasteiger partial charge in [0.05, 0.1) is 6.42 Å². The van der Waals surface area contributed by atoms with Crippen molar-refractivity contribution in [1.82, 2.24) is 10.1 Å². The maximum Gasteiger partial charge on any atom is 0.307 e. The molecule has 1 N–H and O–H groups in total. The second-order valence-electron chi connectivity index (χ2n) is 6.71. The van der Waals surface area contributed by atoms with Crippen molar-refractivity contribution in [3.8, 4) is 22.9 Å². The standard InChI is InChI=1S/C21H18ClN3O6/c1-12(21(27)23-15-6-7-16-17(10-15)29-11-28-16)30-19(26)9-8-18-24-20(25-31-18)13-2-4-14(22)5-3-13/h2-7,10,12H,8-9,11H2,1H3,(H,23,27). The number of nitrogens with zero attached hydrogens (tertiary/aromatic N) is 2. The second kappa shape index (κ2) is 9.05. The highest BCUT2D eigenvalue weighted by molar-refractivity contribution is 6.30. The number of aromatic nitrogens is 2. The normalized spacial score (nSPS) is 13.0. The quantitative estimate of drug-likeness (QED) is 0.551. The zero-order valence-corrected chi connectivity index (χ0v) is 17.2. The third kappa shape index (κ3) is 5.13. The fraction of sp³-hybridized carbons (Fsp3) is 0.238. The van der Waals surface area contributed by atoms with Gasteiger partial charge in [-0.3, -0.25) is 9.59 Å². The topological polar surface area (TPSA) is 113 Å². The van der Waals surface area contributed by atoms with Gasteiger partial charge in [-0.25, -0.2) is 0 Å². The molecular formula is C21H18ClN3O6. The highest BCUT2D eigenvalue weighted by atomic mass is 35.5. The Morgan fingerprint density at radius 2 is 1.94 bits per heavy atom. The highest BCUT2D eigenvalue weighted by Crippen LogP contribution is 2.34. The Morgan fingerprint density at radius 1 is 1.16 bits per heavy atom. The Hall–Kier alpha value is -3.59. The number of hydrogen-bond donors (Lipinski definition) is 1. The third-order valence-electron chi connectivity index (χ3n) is 4.43. The number of benzene rings is 2. The van der Waals surface area contributed by atoms with Crippen molar-refractivity contribution < 1.29 is 28.3 Å². The first-order valence-corrected chi connectivity index (χ1v) is 9.84. The number of amides is 1. The maximum atomic E-state index is 12.3. The van der Waals surface area contributed by atoms with E-state index in [4.69, 9.17) is 30.3 Å². The molecular weight excluding hydrogens is 426 g/mol. The van der Waals surface area contributed by atoms with Gasteiger partial charge in [0, 0.05) is 28.8 Å². The van der Waals surface area contributed by atoms with Gasteiger partial charge in [-0.05, 0) is 43.3 Å². The van der Waals surface area contributed by atoms with Gasteiger partial charge in [-0.1, -0.05) is 16.8 Å². The van der Waals surface area contributed by atoms with Gasteiger partial charge in [-0.2, -0.15) is 4.98 Å². The minimum atomic E-state index is -0.981. The molecule has 0 fully saturated rings. The molecule has 1 unspecified atom stereocenters. The summed E-state index contributed by atoms with van der Waals surface area (Å²) in [5.41, 5.74) is 1.26. The first-order valence-electron chi connectivity index (χ1n) is 9.46. The number of hydrogen-bond acceptors (Lipinski definition) is 8. The minimum Gasteiger partial charge on any atom is -0.454 e. The summed E-state index contributed by atoms with van der Waals surface area (Å²) in [7, 11) is 0. The van der Waals surface area contributed by atoms with Crippen LogP contribution in [0.25, 0.3) is 11.4 Å². The number of carbonyl (C=O) groups excluding carboxylic acids is 2. The zero-order chi connectivity index (χ0) is 21.8. The molecule has 31 heavy (non-hydrogen) atoms. The number of anilines is 1. The molecule has 2 aromatic carbocycles. The van der Waals surface area contributed by atoms with Crippen LogP contribution in [0.2, 0.25) is 5.02 Å². The maximum absolute atomic E-state index is 12.3. The van der Waals surface area contributed by atoms with Crippen molar-refractivity contribution in [2.45, 2.75) is 25.9 Å². The van der Waals surface area contributed by atoms with Crippen molar-refractivity contribution in [3.63, 3.8) is 0 Å². The van der Waals surface area contributed by atoms with E-state index in [1.165, 1.54) is 6.92 Å². The number of halogens is 1. The van der Waals surface area contributed by atoms with Gasteiger partial charge in [0.25, 0.3) is 5.91 Å². The molecule has 0 radical (unpaired) electrons. The smallest absolute Gasteiger partial charge is 0.307 e. The first kappa shape index (κ1) is 20.7. The fourth-order valence-corrected chi connectivity index (χ4v) is 2.94. The highest BCUT2D eigenvalue weighted by Gasteiger charge is 2.20. The monoisotopic (exact) mass is 443 g/mol. The zero-order valence-electron chi connectivity index (χ0n) is 16.5. The van der Waals surface area contributed by atoms with Crippen LogP contribution in [0.15, 0.2) is 47.0 Å². The van der Waals surface area contributed by atoms with Crippen LogP contribution in [0.3, 0.4) is 0 Å². The van der Waals surface area contributed by atoms with E-state index in [0.717, 1.165) is 5.56 Å². The van der Waals surface area contributed by atoms with Crippen molar-refractivity contribution in [3.05, 3.63) is 53.4 Å². The summed E-state index contributed by atoms with van der Waals surface area (Å²) in [6.07, 6.45) is -0.801. The lowest BCUT2D eigenvalue weighted by molar-refractivity contribution is -0.153. The van der Waals surface area contributed by atoms with Crippen LogP contribution in [0, 0.1) is 0 Å². The van der Waals surface area contributed by atoms with Crippen molar-refractivity contribution in [2.24, 2.45) is 0 Å². The fourth-order valence-electron chi connectivity index (χ4n) is 2.81. The van der Waals surface area contributed by atoms with Gasteiger partial charge >= 0.3 is 5.97 Å². The summed E-state index contributed by atoms with van der Waals surface area (Å²) in [5, 5.41) is 7.17. The molecule has 2 heterocycles. The van der Waals surface area contributed by atoms with Gasteiger partial charge < -0.3 is 24.1 Å². The first-order chi connectivity index (χ1) is 15.0. The van der Waals surface area contributed by atoms with E-state index >= 15 is 0 Å². The number of ether oxygens (including phenoxy) is 3. The summed E-state index contributed by atoms with van der Waals surface area (Å²) < 4.78 is 20.9. The van der Waals surface area contributed by atoms with E-state index in [-0.39, 0.29) is 19.6 Å². The number of esters is 1. The number of rotatable bonds is 7. The van der Waals surface area contributed by atoms with Crippen LogP contribution >= 0.6 is 11.6 Å². The lowest BCUT2D eigenvalue weighted by Crippen LogP contribution is -2.30. The molecule has 1 aromatic heterocycles. The lowest BCUT2D eigenvalue weighted by Gasteiger charge is -2.13. The van der Waals surface area contributed by atoms with Crippen molar-refractivity contribution in [2.75, 3.05) is 12.1 Å². The molecule has 0 bridgehead atoms. The molecule has 0 aliphatic carbocycles. The Kier molecular flexibility index (Phi) is 6.03. The van der Waals surface area contributed by atoms with Crippen molar-refractivity contribution in [1.29, 1.82) is 0 Å². The Labute approximate surface area is 182 Å². The van der Waals surface area contributed by atoms with Gasteiger partial charge in [-0.15, -0.1) is 0 Å². The molecule has 160 valence electrons. The number of nitrogens with one attached hydrogen (secondary N) is 1. The number of fused-ring (bicyclic) bond motifs is 1. The predicted octanol–water partition coefficient (Wildman–Crippen LogP) is 3.62. The Bertz CT molecular complexity index is 1100. The van der Waals surface area contributed by atoms with E-state index in [1.54, 1.807) is 42.5 Å². The second-order valence-corrected chi connectivity index (χ2v) is 7.14. The van der Waals surface area contributed by atoms with Crippen molar-refractivity contribution >= 4 is 29.2 Å². The van der Waals surface area contributed by atoms with Crippen LogP contribution in [-0.2, 0) is 20.7 Å². The Balaban J connectivity index is 1.25. The van der Waals surface area contributed by atoms with Crippen LogP contribution in [0.4, 0.5) is 5.69 Å². The summed E-state index contributed by atoms with van der Waals surface area (Å²) in [6.45, 7) is 1.63. The average Bonchev–Trinajstić information content (AvgIpc) is 3.42. The molecule has 3 aromatic rings. The lowest BCUT2D eigenvalue weighted by atomic mass is 10.2. The van der Waals surface area contributed by atoms with E-state index in [1.807, 2.05) is 0 Å². The van der Waals surface area contributed by atoms with Crippen LogP contribution in [0.5, 0.6) is 11.5 Å². The molecule has 4 rings (SSSR count). The van der Waals surface area contributed by atoms with E-state index < -0.39 is 18.0 Å². The molecule has 0 saturated heterocycles. The van der Waals surface area contributed by atoms with Crippen LogP contribution in [-0.4, -0.2) is 34.9 Å². The van der Waals surface area contributed by atoms with Gasteiger partial charge in [0.15, 0.2) is 17.6 Å². The summed E-state index contributed by atoms with van der Waals surface area (Å²) in [5.74, 6) is 0.822. The molecule has 9 nitrogen and oxygen atoms in total. The van der Waals surface area contributed by atoms with E-state index in [2.05, 4.69) is 15.5 Å². The minimum absolute atomic E-state index is 0.0100. The van der Waals surface area contributed by atoms with Crippen LogP contribution in [0.1, 0.15) is 19.2 Å². The Morgan fingerprint density at radius 3 is 2.74 bits per heavy atom. The average molecular weight is 444 g/mol. The molecule has 0 spiro atoms. The summed E-state index contributed by atoms with van der Waals surface area (Å²) in [4.78, 5) is 28.7. The summed E-state index contributed by atoms with van der Waals surface area (Å²) >= 11 is 5.87. The van der Waals surface area contributed by atoms with Gasteiger partial charge in [0.2, 0.25) is 18.5 Å². The number of aryl methyl sites for hydroxylation is 1. The van der Waals surface area contributed by atoms with Crippen LogP contribution < -0.4 is 14.8 Å². The van der Waals surface area contributed by atoms with E-state index in [9.17, 15) is 9.59 Å². The molecule has 1 aliphatic heterocycles. The molecule has 1 atom stereocenters.